The molecule has 4 nitrogen and oxygen atoms in total. The van der Waals surface area contributed by atoms with Gasteiger partial charge in [-0.05, 0) is 19.8 Å². The lowest BCUT2D eigenvalue weighted by atomic mass is 10.3. The van der Waals surface area contributed by atoms with Crippen LogP contribution >= 0.6 is 0 Å². The number of carbonyl (C=O) groups excluding carboxylic acids is 1. The number of hydrogen-bond donors (Lipinski definition) is 0. The summed E-state index contributed by atoms with van der Waals surface area (Å²) in [6, 6.07) is 0. The smallest absolute Gasteiger partial charge is 0.248 e. The minimum Gasteiger partial charge on any atom is -0.381 e. The molecule has 0 atom stereocenters. The standard InChI is InChI=1S/C11H20N2O2/c1-3-4-7-15-8-5-6-13-11(14)9-10(2)12-13/h3-9H2,1-2H3. The van der Waals surface area contributed by atoms with Crippen molar-refractivity contribution >= 4 is 11.6 Å². The minimum atomic E-state index is 0.112. The molecule has 1 amide bonds. The van der Waals surface area contributed by atoms with Gasteiger partial charge in [-0.3, -0.25) is 4.79 Å². The molecule has 0 unspecified atom stereocenters. The van der Waals surface area contributed by atoms with E-state index in [9.17, 15) is 4.79 Å². The summed E-state index contributed by atoms with van der Waals surface area (Å²) in [5, 5.41) is 5.70. The van der Waals surface area contributed by atoms with Crippen LogP contribution in [0.5, 0.6) is 0 Å². The first kappa shape index (κ1) is 12.2. The lowest BCUT2D eigenvalue weighted by molar-refractivity contribution is -0.128. The highest BCUT2D eigenvalue weighted by molar-refractivity contribution is 6.03. The molecule has 0 spiro atoms. The van der Waals surface area contributed by atoms with Gasteiger partial charge in [0.15, 0.2) is 0 Å². The van der Waals surface area contributed by atoms with Gasteiger partial charge in [0.1, 0.15) is 0 Å². The molecule has 0 saturated carbocycles. The molecule has 0 radical (unpaired) electrons. The fourth-order valence-electron chi connectivity index (χ4n) is 1.45. The van der Waals surface area contributed by atoms with Gasteiger partial charge in [-0.1, -0.05) is 13.3 Å². The summed E-state index contributed by atoms with van der Waals surface area (Å²) in [6.07, 6.45) is 3.62. The van der Waals surface area contributed by atoms with Crippen LogP contribution in [0.1, 0.15) is 39.5 Å². The van der Waals surface area contributed by atoms with Gasteiger partial charge in [0.2, 0.25) is 5.91 Å². The van der Waals surface area contributed by atoms with Gasteiger partial charge >= 0.3 is 0 Å². The SMILES string of the molecule is CCCCOCCCN1N=C(C)CC1=O. The quantitative estimate of drug-likeness (QED) is 0.604. The van der Waals surface area contributed by atoms with Crippen LogP contribution < -0.4 is 0 Å². The largest absolute Gasteiger partial charge is 0.381 e. The number of nitrogens with zero attached hydrogens (tertiary/aromatic N) is 2. The van der Waals surface area contributed by atoms with Crippen molar-refractivity contribution in [2.45, 2.75) is 39.5 Å². The molecule has 1 rings (SSSR count). The summed E-state index contributed by atoms with van der Waals surface area (Å²) in [6.45, 7) is 6.26. The first-order valence-corrected chi connectivity index (χ1v) is 5.66. The van der Waals surface area contributed by atoms with Crippen LogP contribution in [0, 0.1) is 0 Å². The highest BCUT2D eigenvalue weighted by Crippen LogP contribution is 2.07. The van der Waals surface area contributed by atoms with E-state index in [4.69, 9.17) is 4.74 Å². The first-order chi connectivity index (χ1) is 7.24. The highest BCUT2D eigenvalue weighted by atomic mass is 16.5. The number of rotatable bonds is 7. The predicted molar refractivity (Wildman–Crippen MR) is 59.8 cm³/mol. The molecule has 0 aromatic heterocycles. The van der Waals surface area contributed by atoms with Crippen LogP contribution in [-0.2, 0) is 9.53 Å². The molecule has 1 aliphatic heterocycles. The van der Waals surface area contributed by atoms with Crippen LogP contribution in [0.3, 0.4) is 0 Å². The van der Waals surface area contributed by atoms with Crippen LogP contribution in [0.25, 0.3) is 0 Å². The third-order valence-electron chi connectivity index (χ3n) is 2.29. The number of unbranched alkanes of at least 4 members (excludes halogenated alkanes) is 1. The zero-order valence-corrected chi connectivity index (χ0v) is 9.66. The fraction of sp³-hybridized carbons (Fsp3) is 0.818. The normalized spacial score (nSPS) is 16.0. The Balaban J connectivity index is 2.03. The lowest BCUT2D eigenvalue weighted by Gasteiger charge is -2.11. The summed E-state index contributed by atoms with van der Waals surface area (Å²) < 4.78 is 5.41. The van der Waals surface area contributed by atoms with Crippen molar-refractivity contribution in [3.05, 3.63) is 0 Å². The second-order valence-corrected chi connectivity index (χ2v) is 3.85. The van der Waals surface area contributed by atoms with Crippen molar-refractivity contribution < 1.29 is 9.53 Å². The van der Waals surface area contributed by atoms with E-state index in [1.807, 2.05) is 6.92 Å². The fourth-order valence-corrected chi connectivity index (χ4v) is 1.45. The summed E-state index contributed by atoms with van der Waals surface area (Å²) in [4.78, 5) is 11.3. The Morgan fingerprint density at radius 1 is 1.40 bits per heavy atom. The van der Waals surface area contributed by atoms with E-state index in [1.54, 1.807) is 5.01 Å². The molecule has 86 valence electrons. The second-order valence-electron chi connectivity index (χ2n) is 3.85. The van der Waals surface area contributed by atoms with Crippen molar-refractivity contribution in [3.63, 3.8) is 0 Å². The summed E-state index contributed by atoms with van der Waals surface area (Å²) in [7, 11) is 0. The van der Waals surface area contributed by atoms with Crippen LogP contribution in [0.2, 0.25) is 0 Å². The van der Waals surface area contributed by atoms with E-state index in [-0.39, 0.29) is 5.91 Å². The van der Waals surface area contributed by atoms with Crippen LogP contribution in [0.15, 0.2) is 5.10 Å². The second kappa shape index (κ2) is 6.56. The third-order valence-corrected chi connectivity index (χ3v) is 2.29. The van der Waals surface area contributed by atoms with E-state index in [1.165, 1.54) is 0 Å². The van der Waals surface area contributed by atoms with Crippen molar-refractivity contribution in [3.8, 4) is 0 Å². The van der Waals surface area contributed by atoms with Gasteiger partial charge in [-0.25, -0.2) is 5.01 Å². The van der Waals surface area contributed by atoms with Gasteiger partial charge in [0.05, 0.1) is 6.42 Å². The molecule has 0 fully saturated rings. The molecule has 0 saturated heterocycles. The van der Waals surface area contributed by atoms with Gasteiger partial charge < -0.3 is 4.74 Å². The lowest BCUT2D eigenvalue weighted by Crippen LogP contribution is -2.22. The van der Waals surface area contributed by atoms with E-state index in [0.29, 0.717) is 13.0 Å². The number of hydrazone groups is 1. The topological polar surface area (TPSA) is 41.9 Å². The Morgan fingerprint density at radius 2 is 2.13 bits per heavy atom. The predicted octanol–water partition coefficient (Wildman–Crippen LogP) is 1.80. The molecule has 4 heteroatoms. The van der Waals surface area contributed by atoms with E-state index in [2.05, 4.69) is 12.0 Å². The Hall–Kier alpha value is -0.900. The Bertz CT molecular complexity index is 239. The molecule has 0 aromatic rings. The van der Waals surface area contributed by atoms with Crippen molar-refractivity contribution in [2.24, 2.45) is 5.10 Å². The minimum absolute atomic E-state index is 0.112. The Kier molecular flexibility index (Phi) is 5.32. The van der Waals surface area contributed by atoms with Gasteiger partial charge in [0.25, 0.3) is 0 Å². The molecule has 0 N–H and O–H groups in total. The zero-order chi connectivity index (χ0) is 11.1. The van der Waals surface area contributed by atoms with E-state index < -0.39 is 0 Å². The van der Waals surface area contributed by atoms with Crippen molar-refractivity contribution in [1.29, 1.82) is 0 Å². The molecule has 0 aliphatic carbocycles. The Labute approximate surface area is 91.3 Å². The monoisotopic (exact) mass is 212 g/mol. The summed E-state index contributed by atoms with van der Waals surface area (Å²) in [5.41, 5.74) is 0.909. The average Bonchev–Trinajstić information content (AvgIpc) is 2.51. The molecular formula is C11H20N2O2. The maximum Gasteiger partial charge on any atom is 0.248 e. The number of amides is 1. The van der Waals surface area contributed by atoms with E-state index in [0.717, 1.165) is 38.2 Å². The first-order valence-electron chi connectivity index (χ1n) is 5.66. The third kappa shape index (κ3) is 4.42. The zero-order valence-electron chi connectivity index (χ0n) is 9.66. The van der Waals surface area contributed by atoms with Crippen molar-refractivity contribution in [1.82, 2.24) is 5.01 Å². The number of carbonyl (C=O) groups is 1. The summed E-state index contributed by atoms with van der Waals surface area (Å²) in [5.74, 6) is 0.112. The van der Waals surface area contributed by atoms with Gasteiger partial charge in [0, 0.05) is 25.5 Å². The highest BCUT2D eigenvalue weighted by Gasteiger charge is 2.19. The molecule has 1 heterocycles. The molecule has 0 aromatic carbocycles. The molecule has 15 heavy (non-hydrogen) atoms. The van der Waals surface area contributed by atoms with Gasteiger partial charge in [-0.2, -0.15) is 5.10 Å². The van der Waals surface area contributed by atoms with Crippen LogP contribution in [-0.4, -0.2) is 36.4 Å². The maximum atomic E-state index is 11.3. The molecule has 1 aliphatic rings. The number of hydrogen-bond acceptors (Lipinski definition) is 3. The molecule has 0 bridgehead atoms. The van der Waals surface area contributed by atoms with E-state index >= 15 is 0 Å². The van der Waals surface area contributed by atoms with Gasteiger partial charge in [-0.15, -0.1) is 0 Å². The average molecular weight is 212 g/mol. The Morgan fingerprint density at radius 3 is 2.73 bits per heavy atom. The van der Waals surface area contributed by atoms with Crippen LogP contribution in [0.4, 0.5) is 0 Å². The molecular weight excluding hydrogens is 192 g/mol. The maximum absolute atomic E-state index is 11.3. The summed E-state index contributed by atoms with van der Waals surface area (Å²) >= 11 is 0. The number of ether oxygens (including phenoxy) is 1. The van der Waals surface area contributed by atoms with Crippen molar-refractivity contribution in [2.75, 3.05) is 19.8 Å².